The molecule has 0 unspecified atom stereocenters. The van der Waals surface area contributed by atoms with Gasteiger partial charge in [-0.15, -0.1) is 0 Å². The van der Waals surface area contributed by atoms with Gasteiger partial charge in [0.05, 0.1) is 0 Å². The predicted octanol–water partition coefficient (Wildman–Crippen LogP) is 1.76. The molecule has 0 saturated carbocycles. The van der Waals surface area contributed by atoms with Crippen molar-refractivity contribution in [3.8, 4) is 0 Å². The summed E-state index contributed by atoms with van der Waals surface area (Å²) in [5, 5.41) is 0. The highest BCUT2D eigenvalue weighted by molar-refractivity contribution is 5.13. The van der Waals surface area contributed by atoms with E-state index in [0.717, 1.165) is 0 Å². The van der Waals surface area contributed by atoms with E-state index in [2.05, 4.69) is 0 Å². The molecule has 0 fully saturated rings. The molecule has 0 saturated heterocycles. The van der Waals surface area contributed by atoms with E-state index in [-0.39, 0.29) is 0 Å². The number of nitrogens with two attached hydrogens (primary N) is 1. The molecule has 0 aliphatic rings. The summed E-state index contributed by atoms with van der Waals surface area (Å²) in [6.07, 6.45) is 3.37. The van der Waals surface area contributed by atoms with Crippen LogP contribution in [0.5, 0.6) is 0 Å². The lowest BCUT2D eigenvalue weighted by atomic mass is 10.3. The zero-order valence-corrected chi connectivity index (χ0v) is 5.82. The summed E-state index contributed by atoms with van der Waals surface area (Å²) in [5.74, 6) is 0. The van der Waals surface area contributed by atoms with E-state index in [0.29, 0.717) is 11.3 Å². The Kier molecular flexibility index (Phi) is 3.76. The van der Waals surface area contributed by atoms with Crippen LogP contribution in [0.3, 0.4) is 0 Å². The number of hydrogen-bond acceptors (Lipinski definition) is 1. The first-order valence-corrected chi connectivity index (χ1v) is 2.82. The van der Waals surface area contributed by atoms with Crippen molar-refractivity contribution in [3.05, 3.63) is 23.4 Å². The summed E-state index contributed by atoms with van der Waals surface area (Å²) in [6.45, 7) is 3.09. The molecule has 0 heterocycles. The quantitative estimate of drug-likeness (QED) is 0.565. The first kappa shape index (κ1) is 8.21. The Labute approximate surface area is 55.1 Å². The fraction of sp³-hybridized carbons (Fsp3) is 0.429. The summed E-state index contributed by atoms with van der Waals surface area (Å²) < 4.78 is 11.7. The standard InChI is InChI=1S/C7H12FN/c1-6(5-8)3-4-7(2)9/h3-4H,5,9H2,1-2H3/b6-3+,7-4+. The Balaban J connectivity index is 3.83. The lowest BCUT2D eigenvalue weighted by Gasteiger charge is -1.88. The van der Waals surface area contributed by atoms with Gasteiger partial charge in [0.1, 0.15) is 6.67 Å². The summed E-state index contributed by atoms with van der Waals surface area (Å²) in [5.41, 5.74) is 6.68. The zero-order valence-electron chi connectivity index (χ0n) is 5.82. The predicted molar refractivity (Wildman–Crippen MR) is 37.7 cm³/mol. The summed E-state index contributed by atoms with van der Waals surface area (Å²) >= 11 is 0. The van der Waals surface area contributed by atoms with Gasteiger partial charge < -0.3 is 5.73 Å². The molecule has 1 nitrogen and oxygen atoms in total. The fourth-order valence-electron chi connectivity index (χ4n) is 0.318. The van der Waals surface area contributed by atoms with Gasteiger partial charge >= 0.3 is 0 Å². The van der Waals surface area contributed by atoms with Crippen LogP contribution in [-0.2, 0) is 0 Å². The van der Waals surface area contributed by atoms with Gasteiger partial charge in [-0.25, -0.2) is 4.39 Å². The number of rotatable bonds is 2. The Morgan fingerprint density at radius 3 is 2.33 bits per heavy atom. The molecular formula is C7H12FN. The second-order valence-electron chi connectivity index (χ2n) is 2.06. The van der Waals surface area contributed by atoms with E-state index in [1.165, 1.54) is 0 Å². The molecule has 0 radical (unpaired) electrons. The average Bonchev–Trinajstić information content (AvgIpc) is 1.83. The Morgan fingerprint density at radius 1 is 1.44 bits per heavy atom. The molecular weight excluding hydrogens is 117 g/mol. The van der Waals surface area contributed by atoms with E-state index >= 15 is 0 Å². The highest BCUT2D eigenvalue weighted by Gasteiger charge is 1.81. The summed E-state index contributed by atoms with van der Waals surface area (Å²) in [7, 11) is 0. The van der Waals surface area contributed by atoms with Gasteiger partial charge in [-0.2, -0.15) is 0 Å². The van der Waals surface area contributed by atoms with Crippen LogP contribution in [0.1, 0.15) is 13.8 Å². The fourth-order valence-corrected chi connectivity index (χ4v) is 0.318. The zero-order chi connectivity index (χ0) is 7.28. The van der Waals surface area contributed by atoms with Gasteiger partial charge in [0.25, 0.3) is 0 Å². The van der Waals surface area contributed by atoms with Gasteiger partial charge in [-0.3, -0.25) is 0 Å². The Bertz CT molecular complexity index is 132. The minimum absolute atomic E-state index is 0.399. The molecule has 0 bridgehead atoms. The third-order valence-corrected chi connectivity index (χ3v) is 0.842. The smallest absolute Gasteiger partial charge is 0.111 e. The van der Waals surface area contributed by atoms with Gasteiger partial charge in [0.15, 0.2) is 0 Å². The molecule has 0 rings (SSSR count). The van der Waals surface area contributed by atoms with Crippen LogP contribution in [0.2, 0.25) is 0 Å². The van der Waals surface area contributed by atoms with Gasteiger partial charge in [-0.1, -0.05) is 6.08 Å². The number of allylic oxidation sites excluding steroid dienone is 4. The van der Waals surface area contributed by atoms with E-state index in [9.17, 15) is 4.39 Å². The van der Waals surface area contributed by atoms with Crippen molar-refractivity contribution in [2.45, 2.75) is 13.8 Å². The van der Waals surface area contributed by atoms with E-state index in [1.807, 2.05) is 0 Å². The maximum atomic E-state index is 11.7. The van der Waals surface area contributed by atoms with Crippen LogP contribution in [0.15, 0.2) is 23.4 Å². The van der Waals surface area contributed by atoms with Crippen molar-refractivity contribution >= 4 is 0 Å². The lowest BCUT2D eigenvalue weighted by molar-refractivity contribution is 0.543. The summed E-state index contributed by atoms with van der Waals surface area (Å²) in [4.78, 5) is 0. The molecule has 0 aromatic rings. The molecule has 2 N–H and O–H groups in total. The highest BCUT2D eigenvalue weighted by Crippen LogP contribution is 1.93. The molecule has 0 aromatic carbocycles. The SMILES string of the molecule is C/C(N)=C\C=C(/C)CF. The Morgan fingerprint density at radius 2 is 2.00 bits per heavy atom. The third-order valence-electron chi connectivity index (χ3n) is 0.842. The van der Waals surface area contributed by atoms with Gasteiger partial charge in [0.2, 0.25) is 0 Å². The van der Waals surface area contributed by atoms with Crippen LogP contribution in [0.4, 0.5) is 4.39 Å². The van der Waals surface area contributed by atoms with Crippen LogP contribution in [0, 0.1) is 0 Å². The normalized spacial score (nSPS) is 14.1. The third kappa shape index (κ3) is 5.07. The first-order chi connectivity index (χ1) is 4.16. The van der Waals surface area contributed by atoms with E-state index < -0.39 is 6.67 Å². The topological polar surface area (TPSA) is 26.0 Å². The molecule has 52 valence electrons. The van der Waals surface area contributed by atoms with Crippen molar-refractivity contribution in [3.63, 3.8) is 0 Å². The minimum Gasteiger partial charge on any atom is -0.402 e. The molecule has 0 aromatic heterocycles. The van der Waals surface area contributed by atoms with Crippen molar-refractivity contribution in [1.82, 2.24) is 0 Å². The second kappa shape index (κ2) is 4.13. The maximum absolute atomic E-state index is 11.7. The van der Waals surface area contributed by atoms with Crippen LogP contribution < -0.4 is 5.73 Å². The first-order valence-electron chi connectivity index (χ1n) is 2.82. The van der Waals surface area contributed by atoms with Crippen molar-refractivity contribution in [2.24, 2.45) is 5.73 Å². The Hall–Kier alpha value is -0.790. The number of halogens is 1. The highest BCUT2D eigenvalue weighted by atomic mass is 19.1. The van der Waals surface area contributed by atoms with Crippen molar-refractivity contribution < 1.29 is 4.39 Å². The minimum atomic E-state index is -0.399. The largest absolute Gasteiger partial charge is 0.402 e. The second-order valence-corrected chi connectivity index (χ2v) is 2.06. The van der Waals surface area contributed by atoms with E-state index in [1.54, 1.807) is 26.0 Å². The summed E-state index contributed by atoms with van der Waals surface area (Å²) in [6, 6.07) is 0. The van der Waals surface area contributed by atoms with Crippen LogP contribution in [-0.4, -0.2) is 6.67 Å². The van der Waals surface area contributed by atoms with Crippen LogP contribution >= 0.6 is 0 Å². The monoisotopic (exact) mass is 129 g/mol. The molecule has 2 heteroatoms. The van der Waals surface area contributed by atoms with Crippen molar-refractivity contribution in [1.29, 1.82) is 0 Å². The van der Waals surface area contributed by atoms with Gasteiger partial charge in [-0.05, 0) is 25.5 Å². The molecule has 0 aliphatic carbocycles. The maximum Gasteiger partial charge on any atom is 0.111 e. The molecule has 9 heavy (non-hydrogen) atoms. The molecule has 0 aliphatic heterocycles. The van der Waals surface area contributed by atoms with Crippen LogP contribution in [0.25, 0.3) is 0 Å². The average molecular weight is 129 g/mol. The molecule has 0 amide bonds. The van der Waals surface area contributed by atoms with Crippen molar-refractivity contribution in [2.75, 3.05) is 6.67 Å². The molecule has 0 atom stereocenters. The number of hydrogen-bond donors (Lipinski definition) is 1. The molecule has 0 spiro atoms. The number of alkyl halides is 1. The van der Waals surface area contributed by atoms with E-state index in [4.69, 9.17) is 5.73 Å². The van der Waals surface area contributed by atoms with Gasteiger partial charge in [0, 0.05) is 5.70 Å². The lowest BCUT2D eigenvalue weighted by Crippen LogP contribution is -1.88.